The Bertz CT molecular complexity index is 972. The zero-order valence-corrected chi connectivity index (χ0v) is 14.3. The van der Waals surface area contributed by atoms with Crippen molar-refractivity contribution in [3.05, 3.63) is 47.3 Å². The maximum absolute atomic E-state index is 11.4. The second-order valence-corrected chi connectivity index (χ2v) is 7.32. The van der Waals surface area contributed by atoms with Crippen LogP contribution in [0.2, 0.25) is 0 Å². The van der Waals surface area contributed by atoms with E-state index in [0.717, 1.165) is 23.1 Å². The topological polar surface area (TPSA) is 95.4 Å². The summed E-state index contributed by atoms with van der Waals surface area (Å²) >= 11 is 0. The van der Waals surface area contributed by atoms with Crippen molar-refractivity contribution in [2.75, 3.05) is 13.4 Å². The summed E-state index contributed by atoms with van der Waals surface area (Å²) in [7, 11) is -1.79. The fourth-order valence-electron chi connectivity index (χ4n) is 2.22. The molecule has 2 aromatic heterocycles. The molecule has 0 unspecified atom stereocenters. The molecule has 0 bridgehead atoms. The number of methoxy groups -OCH3 is 1. The first-order valence-electron chi connectivity index (χ1n) is 7.13. The Balaban J connectivity index is 1.82. The zero-order chi connectivity index (χ0) is 17.3. The first-order chi connectivity index (χ1) is 11.4. The van der Waals surface area contributed by atoms with E-state index >= 15 is 0 Å². The minimum absolute atomic E-state index is 0.130. The highest BCUT2D eigenvalue weighted by Crippen LogP contribution is 2.24. The number of sulfone groups is 1. The van der Waals surface area contributed by atoms with Gasteiger partial charge in [-0.1, -0.05) is 11.2 Å². The lowest BCUT2D eigenvalue weighted by atomic mass is 10.1. The van der Waals surface area contributed by atoms with Crippen LogP contribution in [0, 0.1) is 6.92 Å². The van der Waals surface area contributed by atoms with Crippen molar-refractivity contribution in [3.8, 4) is 17.3 Å². The molecule has 0 saturated heterocycles. The molecule has 0 saturated carbocycles. The molecule has 0 aliphatic carbocycles. The Hall–Kier alpha value is -2.61. The molecule has 0 aliphatic rings. The van der Waals surface area contributed by atoms with Crippen molar-refractivity contribution in [1.82, 2.24) is 10.1 Å². The van der Waals surface area contributed by atoms with Gasteiger partial charge in [-0.2, -0.15) is 4.98 Å². The molecule has 1 aromatic carbocycles. The normalized spacial score (nSPS) is 11.6. The second kappa shape index (κ2) is 6.12. The maximum Gasteiger partial charge on any atom is 0.238 e. The van der Waals surface area contributed by atoms with Crippen LogP contribution in [-0.4, -0.2) is 31.9 Å². The summed E-state index contributed by atoms with van der Waals surface area (Å²) in [5.74, 6) is 1.66. The predicted molar refractivity (Wildman–Crippen MR) is 85.6 cm³/mol. The Morgan fingerprint density at radius 2 is 2.00 bits per heavy atom. The molecular weight excluding hydrogens is 332 g/mol. The van der Waals surface area contributed by atoms with Gasteiger partial charge in [-0.3, -0.25) is 0 Å². The highest BCUT2D eigenvalue weighted by Gasteiger charge is 2.17. The molecule has 0 spiro atoms. The lowest BCUT2D eigenvalue weighted by Crippen LogP contribution is -1.94. The number of aryl methyl sites for hydroxylation is 1. The van der Waals surface area contributed by atoms with Crippen molar-refractivity contribution in [3.63, 3.8) is 0 Å². The Kier molecular flexibility index (Phi) is 4.15. The lowest BCUT2D eigenvalue weighted by Gasteiger charge is -2.05. The highest BCUT2D eigenvalue weighted by atomic mass is 32.2. The predicted octanol–water partition coefficient (Wildman–Crippen LogP) is 2.64. The second-order valence-electron chi connectivity index (χ2n) is 5.37. The molecule has 0 fully saturated rings. The molecule has 3 aromatic rings. The van der Waals surface area contributed by atoms with Gasteiger partial charge in [0.15, 0.2) is 5.76 Å². The van der Waals surface area contributed by atoms with Gasteiger partial charge >= 0.3 is 0 Å². The summed E-state index contributed by atoms with van der Waals surface area (Å²) < 4.78 is 38.6. The SMILES string of the molecule is COc1ccc(Cc2nc(-c3ccc(S(C)(=O)=O)o3)no2)c(C)c1. The molecule has 2 heterocycles. The van der Waals surface area contributed by atoms with Crippen molar-refractivity contribution in [2.24, 2.45) is 0 Å². The third-order valence-corrected chi connectivity index (χ3v) is 4.48. The number of furan rings is 1. The van der Waals surface area contributed by atoms with Gasteiger partial charge in [0.25, 0.3) is 0 Å². The van der Waals surface area contributed by atoms with E-state index in [1.165, 1.54) is 12.1 Å². The van der Waals surface area contributed by atoms with Crippen LogP contribution in [-0.2, 0) is 16.3 Å². The molecule has 0 aliphatic heterocycles. The highest BCUT2D eigenvalue weighted by molar-refractivity contribution is 7.90. The van der Waals surface area contributed by atoms with Gasteiger partial charge in [-0.05, 0) is 42.3 Å². The van der Waals surface area contributed by atoms with E-state index in [4.69, 9.17) is 13.7 Å². The third-order valence-electron chi connectivity index (χ3n) is 3.53. The van der Waals surface area contributed by atoms with Gasteiger partial charge in [-0.15, -0.1) is 0 Å². The van der Waals surface area contributed by atoms with E-state index in [-0.39, 0.29) is 16.7 Å². The van der Waals surface area contributed by atoms with E-state index in [1.54, 1.807) is 7.11 Å². The van der Waals surface area contributed by atoms with Crippen LogP contribution in [0.5, 0.6) is 5.75 Å². The number of hydrogen-bond acceptors (Lipinski definition) is 7. The fourth-order valence-corrected chi connectivity index (χ4v) is 2.78. The van der Waals surface area contributed by atoms with Gasteiger partial charge in [0.2, 0.25) is 26.6 Å². The molecule has 0 amide bonds. The molecule has 0 N–H and O–H groups in total. The summed E-state index contributed by atoms with van der Waals surface area (Å²) in [4.78, 5) is 4.26. The van der Waals surface area contributed by atoms with Crippen LogP contribution < -0.4 is 4.74 Å². The molecule has 24 heavy (non-hydrogen) atoms. The number of hydrogen-bond donors (Lipinski definition) is 0. The van der Waals surface area contributed by atoms with Crippen LogP contribution in [0.1, 0.15) is 17.0 Å². The van der Waals surface area contributed by atoms with Gasteiger partial charge in [0.1, 0.15) is 5.75 Å². The Morgan fingerprint density at radius 1 is 1.21 bits per heavy atom. The van der Waals surface area contributed by atoms with Gasteiger partial charge in [0.05, 0.1) is 13.5 Å². The van der Waals surface area contributed by atoms with Crippen LogP contribution in [0.3, 0.4) is 0 Å². The van der Waals surface area contributed by atoms with E-state index in [0.29, 0.717) is 12.3 Å². The quantitative estimate of drug-likeness (QED) is 0.699. The van der Waals surface area contributed by atoms with Crippen molar-refractivity contribution < 1.29 is 22.1 Å². The third kappa shape index (κ3) is 3.33. The average molecular weight is 348 g/mol. The minimum Gasteiger partial charge on any atom is -0.497 e. The molecule has 126 valence electrons. The van der Waals surface area contributed by atoms with Crippen molar-refractivity contribution >= 4 is 9.84 Å². The van der Waals surface area contributed by atoms with E-state index in [2.05, 4.69) is 10.1 Å². The monoisotopic (exact) mass is 348 g/mol. The van der Waals surface area contributed by atoms with Crippen LogP contribution in [0.4, 0.5) is 0 Å². The maximum atomic E-state index is 11.4. The van der Waals surface area contributed by atoms with E-state index < -0.39 is 9.84 Å². The van der Waals surface area contributed by atoms with Crippen molar-refractivity contribution in [2.45, 2.75) is 18.4 Å². The van der Waals surface area contributed by atoms with Crippen LogP contribution >= 0.6 is 0 Å². The first-order valence-corrected chi connectivity index (χ1v) is 9.02. The lowest BCUT2D eigenvalue weighted by molar-refractivity contribution is 0.382. The molecule has 3 rings (SSSR count). The standard InChI is InChI=1S/C16H16N2O5S/c1-10-8-12(21-2)5-4-11(10)9-14-17-16(18-23-14)13-6-7-15(22-13)24(3,19)20/h4-8H,9H2,1-3H3. The zero-order valence-electron chi connectivity index (χ0n) is 13.4. The molecule has 8 heteroatoms. The molecule has 0 atom stereocenters. The number of aromatic nitrogens is 2. The Labute approximate surface area is 139 Å². The van der Waals surface area contributed by atoms with E-state index in [9.17, 15) is 8.42 Å². The minimum atomic E-state index is -3.41. The number of nitrogens with zero attached hydrogens (tertiary/aromatic N) is 2. The number of ether oxygens (including phenoxy) is 1. The average Bonchev–Trinajstić information content (AvgIpc) is 3.17. The summed E-state index contributed by atoms with van der Waals surface area (Å²) in [6.07, 6.45) is 1.53. The van der Waals surface area contributed by atoms with Crippen LogP contribution in [0.15, 0.2) is 44.4 Å². The summed E-state index contributed by atoms with van der Waals surface area (Å²) in [6.45, 7) is 1.97. The largest absolute Gasteiger partial charge is 0.497 e. The number of rotatable bonds is 5. The summed E-state index contributed by atoms with van der Waals surface area (Å²) in [5, 5.41) is 3.71. The first kappa shape index (κ1) is 16.3. The molecular formula is C16H16N2O5S. The molecule has 0 radical (unpaired) electrons. The summed E-state index contributed by atoms with van der Waals surface area (Å²) in [6, 6.07) is 8.60. The van der Waals surface area contributed by atoms with Gasteiger partial charge < -0.3 is 13.7 Å². The fraction of sp³-hybridized carbons (Fsp3) is 0.250. The van der Waals surface area contributed by atoms with E-state index in [1.807, 2.05) is 25.1 Å². The smallest absolute Gasteiger partial charge is 0.238 e. The van der Waals surface area contributed by atoms with Crippen LogP contribution in [0.25, 0.3) is 11.6 Å². The van der Waals surface area contributed by atoms with Crippen molar-refractivity contribution in [1.29, 1.82) is 0 Å². The Morgan fingerprint density at radius 3 is 2.62 bits per heavy atom. The van der Waals surface area contributed by atoms with Gasteiger partial charge in [-0.25, -0.2) is 8.42 Å². The number of benzene rings is 1. The molecule has 7 nitrogen and oxygen atoms in total. The summed E-state index contributed by atoms with van der Waals surface area (Å²) in [5.41, 5.74) is 2.08. The van der Waals surface area contributed by atoms with Gasteiger partial charge in [0, 0.05) is 6.26 Å².